The smallest absolute Gasteiger partial charge is 0.00669 e. The maximum absolute atomic E-state index is 2.70. The van der Waals surface area contributed by atoms with Gasteiger partial charge in [0.2, 0.25) is 0 Å². The van der Waals surface area contributed by atoms with Crippen molar-refractivity contribution in [2.24, 2.45) is 0 Å². The van der Waals surface area contributed by atoms with E-state index in [1.54, 1.807) is 0 Å². The summed E-state index contributed by atoms with van der Waals surface area (Å²) in [6.45, 7) is 7.43. The van der Waals surface area contributed by atoms with Crippen LogP contribution in [0.15, 0.2) is 0 Å². The second kappa shape index (κ2) is 11.0. The van der Waals surface area contributed by atoms with E-state index in [1.165, 1.54) is 77.3 Å². The Kier molecular flexibility index (Phi) is 10.9. The van der Waals surface area contributed by atoms with Crippen molar-refractivity contribution in [2.75, 3.05) is 13.1 Å². The lowest BCUT2D eigenvalue weighted by atomic mass is 10.0. The summed E-state index contributed by atoms with van der Waals surface area (Å²) in [5.41, 5.74) is 0. The molecule has 0 bridgehead atoms. The topological polar surface area (TPSA) is 3.24 Å². The van der Waals surface area contributed by atoms with E-state index in [1.807, 2.05) is 0 Å². The third-order valence-electron chi connectivity index (χ3n) is 3.99. The minimum absolute atomic E-state index is 0. The first-order valence-electron chi connectivity index (χ1n) is 7.58. The maximum atomic E-state index is 2.70. The highest BCUT2D eigenvalue weighted by atomic mass is 19.0. The molecule has 0 saturated carbocycles. The Morgan fingerprint density at radius 3 is 2.12 bits per heavy atom. The summed E-state index contributed by atoms with van der Waals surface area (Å²) in [6.07, 6.45) is 14.4. The van der Waals surface area contributed by atoms with Crippen LogP contribution in [-0.2, 0) is 0 Å². The highest BCUT2D eigenvalue weighted by molar-refractivity contribution is 4.71. The molecule has 1 fully saturated rings. The molecule has 1 nitrogen and oxygen atoms in total. The molecule has 0 aromatic carbocycles. The zero-order valence-corrected chi connectivity index (χ0v) is 11.9. The van der Waals surface area contributed by atoms with Gasteiger partial charge in [0.15, 0.2) is 0 Å². The van der Waals surface area contributed by atoms with Crippen molar-refractivity contribution in [3.63, 3.8) is 0 Å². The van der Waals surface area contributed by atoms with Crippen molar-refractivity contribution in [1.82, 2.24) is 4.90 Å². The van der Waals surface area contributed by atoms with Gasteiger partial charge >= 0.3 is 0 Å². The zero-order chi connectivity index (χ0) is 11.6. The molecule has 0 aromatic rings. The van der Waals surface area contributed by atoms with Gasteiger partial charge in [-0.3, -0.25) is 4.70 Å². The summed E-state index contributed by atoms with van der Waals surface area (Å²) < 4.78 is 0. The van der Waals surface area contributed by atoms with E-state index >= 15 is 0 Å². The number of rotatable bonds is 8. The van der Waals surface area contributed by atoms with Crippen LogP contribution in [0.3, 0.4) is 0 Å². The van der Waals surface area contributed by atoms with Gasteiger partial charge in [-0.15, -0.1) is 0 Å². The number of piperidine rings is 1. The molecule has 1 rings (SSSR count). The van der Waals surface area contributed by atoms with Gasteiger partial charge < -0.3 is 4.90 Å². The second-order valence-corrected chi connectivity index (χ2v) is 5.50. The fourth-order valence-corrected chi connectivity index (χ4v) is 2.76. The molecule has 17 heavy (non-hydrogen) atoms. The lowest BCUT2D eigenvalue weighted by molar-refractivity contribution is 0.164. The summed E-state index contributed by atoms with van der Waals surface area (Å²) >= 11 is 0. The summed E-state index contributed by atoms with van der Waals surface area (Å²) in [6, 6.07) is 0.839. The highest BCUT2D eigenvalue weighted by Gasteiger charge is 2.15. The molecule has 2 heteroatoms. The van der Waals surface area contributed by atoms with E-state index in [-0.39, 0.29) is 4.70 Å². The Balaban J connectivity index is 0.00000256. The molecule has 0 aliphatic carbocycles. The highest BCUT2D eigenvalue weighted by Crippen LogP contribution is 2.16. The third-order valence-corrected chi connectivity index (χ3v) is 3.99. The minimum Gasteiger partial charge on any atom is -0.301 e. The standard InChI is InChI=1S/C15H31N.FH/c1-3-4-5-6-7-9-12-15(2)16-13-10-8-11-14-16;/h15H,3-14H2,1-2H3;1H. The molecule has 1 aliphatic heterocycles. The van der Waals surface area contributed by atoms with Gasteiger partial charge in [0, 0.05) is 6.04 Å². The van der Waals surface area contributed by atoms with Crippen LogP contribution in [0.25, 0.3) is 0 Å². The van der Waals surface area contributed by atoms with Crippen molar-refractivity contribution in [3.8, 4) is 0 Å². The first-order valence-corrected chi connectivity index (χ1v) is 7.58. The average molecular weight is 245 g/mol. The Morgan fingerprint density at radius 1 is 0.882 bits per heavy atom. The molecular weight excluding hydrogens is 213 g/mol. The van der Waals surface area contributed by atoms with Gasteiger partial charge in [-0.2, -0.15) is 0 Å². The van der Waals surface area contributed by atoms with Gasteiger partial charge in [0.25, 0.3) is 0 Å². The number of likely N-dealkylation sites (tertiary alicyclic amines) is 1. The van der Waals surface area contributed by atoms with Gasteiger partial charge in [-0.05, 0) is 39.3 Å². The summed E-state index contributed by atoms with van der Waals surface area (Å²) in [7, 11) is 0. The first kappa shape index (κ1) is 16.9. The van der Waals surface area contributed by atoms with Gasteiger partial charge in [-0.1, -0.05) is 51.9 Å². The molecule has 0 N–H and O–H groups in total. The molecule has 0 aromatic heterocycles. The van der Waals surface area contributed by atoms with Crippen LogP contribution in [0.5, 0.6) is 0 Å². The van der Waals surface area contributed by atoms with E-state index in [9.17, 15) is 0 Å². The maximum Gasteiger partial charge on any atom is 0.00669 e. The van der Waals surface area contributed by atoms with Crippen molar-refractivity contribution < 1.29 is 4.70 Å². The summed E-state index contributed by atoms with van der Waals surface area (Å²) in [5, 5.41) is 0. The SMILES string of the molecule is CCCCCCCCC(C)N1CCCCC1.F. The Morgan fingerprint density at radius 2 is 1.47 bits per heavy atom. The Bertz CT molecular complexity index is 155. The number of nitrogens with zero attached hydrogens (tertiary/aromatic N) is 1. The largest absolute Gasteiger partial charge is 0.301 e. The molecule has 104 valence electrons. The van der Waals surface area contributed by atoms with Crippen LogP contribution in [-0.4, -0.2) is 24.0 Å². The Hall–Kier alpha value is -0.110. The zero-order valence-electron chi connectivity index (χ0n) is 11.9. The van der Waals surface area contributed by atoms with Crippen molar-refractivity contribution in [2.45, 2.75) is 84.1 Å². The van der Waals surface area contributed by atoms with E-state index in [0.717, 1.165) is 6.04 Å². The van der Waals surface area contributed by atoms with Crippen LogP contribution < -0.4 is 0 Å². The average Bonchev–Trinajstić information content (AvgIpc) is 2.34. The number of hydrogen-bond acceptors (Lipinski definition) is 1. The fraction of sp³-hybridized carbons (Fsp3) is 1.00. The van der Waals surface area contributed by atoms with E-state index < -0.39 is 0 Å². The first-order chi connectivity index (χ1) is 7.84. The minimum atomic E-state index is 0. The van der Waals surface area contributed by atoms with E-state index in [2.05, 4.69) is 18.7 Å². The van der Waals surface area contributed by atoms with Crippen LogP contribution in [0, 0.1) is 0 Å². The number of hydrogen-bond donors (Lipinski definition) is 0. The monoisotopic (exact) mass is 245 g/mol. The van der Waals surface area contributed by atoms with Gasteiger partial charge in [-0.25, -0.2) is 0 Å². The third kappa shape index (κ3) is 7.75. The molecule has 1 atom stereocenters. The van der Waals surface area contributed by atoms with E-state index in [4.69, 9.17) is 0 Å². The molecule has 1 unspecified atom stereocenters. The van der Waals surface area contributed by atoms with E-state index in [0.29, 0.717) is 0 Å². The molecule has 1 saturated heterocycles. The van der Waals surface area contributed by atoms with Crippen molar-refractivity contribution >= 4 is 0 Å². The van der Waals surface area contributed by atoms with Crippen LogP contribution in [0.4, 0.5) is 4.70 Å². The Labute approximate surface area is 107 Å². The number of unbranched alkanes of at least 4 members (excludes halogenated alkanes) is 5. The van der Waals surface area contributed by atoms with Crippen molar-refractivity contribution in [3.05, 3.63) is 0 Å². The molecule has 0 radical (unpaired) electrons. The molecule has 1 heterocycles. The number of halogens is 1. The molecule has 0 amide bonds. The summed E-state index contributed by atoms with van der Waals surface area (Å²) in [4.78, 5) is 2.70. The van der Waals surface area contributed by atoms with Crippen LogP contribution in [0.2, 0.25) is 0 Å². The van der Waals surface area contributed by atoms with Gasteiger partial charge in [0.1, 0.15) is 0 Å². The predicted octanol–water partition coefficient (Wildman–Crippen LogP) is 4.76. The molecule has 0 spiro atoms. The molecular formula is C15H32FN. The predicted molar refractivity (Wildman–Crippen MR) is 75.4 cm³/mol. The second-order valence-electron chi connectivity index (χ2n) is 5.50. The quantitative estimate of drug-likeness (QED) is 0.557. The molecule has 1 aliphatic rings. The van der Waals surface area contributed by atoms with Crippen LogP contribution >= 0.6 is 0 Å². The lowest BCUT2D eigenvalue weighted by Crippen LogP contribution is -2.37. The van der Waals surface area contributed by atoms with Crippen LogP contribution in [0.1, 0.15) is 78.1 Å². The van der Waals surface area contributed by atoms with Crippen molar-refractivity contribution in [1.29, 1.82) is 0 Å². The fourth-order valence-electron chi connectivity index (χ4n) is 2.76. The summed E-state index contributed by atoms with van der Waals surface area (Å²) in [5.74, 6) is 0. The lowest BCUT2D eigenvalue weighted by Gasteiger charge is -2.32. The van der Waals surface area contributed by atoms with Gasteiger partial charge in [0.05, 0.1) is 0 Å². The normalized spacial score (nSPS) is 18.7.